The average molecular weight is 463 g/mol. The summed E-state index contributed by atoms with van der Waals surface area (Å²) in [6.07, 6.45) is 8.35. The highest BCUT2D eigenvalue weighted by molar-refractivity contribution is 5.92. The predicted molar refractivity (Wildman–Crippen MR) is 134 cm³/mol. The van der Waals surface area contributed by atoms with Crippen molar-refractivity contribution >= 4 is 12.0 Å². The minimum atomic E-state index is -0.416. The first kappa shape index (κ1) is 24.0. The first-order valence-electron chi connectivity index (χ1n) is 11.9. The van der Waals surface area contributed by atoms with Gasteiger partial charge in [-0.1, -0.05) is 30.3 Å². The molecule has 0 aromatic heterocycles. The molecule has 3 atom stereocenters. The Balaban J connectivity index is 1.58. The second-order valence-electron chi connectivity index (χ2n) is 9.48. The van der Waals surface area contributed by atoms with Gasteiger partial charge in [-0.15, -0.1) is 6.58 Å². The molecule has 2 fully saturated rings. The van der Waals surface area contributed by atoms with Gasteiger partial charge in [0.05, 0.1) is 5.60 Å². The van der Waals surface area contributed by atoms with E-state index in [4.69, 9.17) is 4.74 Å². The molecule has 3 N–H and O–H groups in total. The van der Waals surface area contributed by atoms with Gasteiger partial charge in [0.25, 0.3) is 0 Å². The number of hydrogen-bond donors (Lipinski definition) is 3. The third-order valence-electron chi connectivity index (χ3n) is 7.52. The summed E-state index contributed by atoms with van der Waals surface area (Å²) in [5, 5.41) is 23.1. The van der Waals surface area contributed by atoms with Crippen molar-refractivity contribution in [2.24, 2.45) is 0 Å². The van der Waals surface area contributed by atoms with E-state index >= 15 is 0 Å². The number of amides is 1. The van der Waals surface area contributed by atoms with E-state index in [1.165, 1.54) is 6.08 Å². The maximum atomic E-state index is 12.8. The second kappa shape index (κ2) is 10.0. The summed E-state index contributed by atoms with van der Waals surface area (Å²) < 4.78 is 6.32. The van der Waals surface area contributed by atoms with E-state index in [0.717, 1.165) is 56.4 Å². The van der Waals surface area contributed by atoms with Gasteiger partial charge in [-0.25, -0.2) is 0 Å². The lowest BCUT2D eigenvalue weighted by Crippen LogP contribution is -2.67. The van der Waals surface area contributed by atoms with Gasteiger partial charge in [0, 0.05) is 37.7 Å². The Morgan fingerprint density at radius 3 is 2.68 bits per heavy atom. The number of benzene rings is 2. The van der Waals surface area contributed by atoms with E-state index in [2.05, 4.69) is 22.9 Å². The Kier molecular flexibility index (Phi) is 7.10. The summed E-state index contributed by atoms with van der Waals surface area (Å²) >= 11 is 0. The third kappa shape index (κ3) is 4.74. The molecular formula is C28H34N2O4. The van der Waals surface area contributed by atoms with Gasteiger partial charge in [0.2, 0.25) is 5.91 Å². The zero-order chi connectivity index (χ0) is 24.2. The van der Waals surface area contributed by atoms with E-state index in [0.29, 0.717) is 0 Å². The lowest BCUT2D eigenvalue weighted by Gasteiger charge is -2.59. The van der Waals surface area contributed by atoms with Crippen LogP contribution >= 0.6 is 0 Å². The molecule has 34 heavy (non-hydrogen) atoms. The summed E-state index contributed by atoms with van der Waals surface area (Å²) in [5.41, 5.74) is 1.08. The van der Waals surface area contributed by atoms with E-state index < -0.39 is 5.60 Å². The number of carbonyl (C=O) groups is 1. The molecule has 0 unspecified atom stereocenters. The minimum absolute atomic E-state index is 0.0158. The Bertz CT molecular complexity index is 1070. The molecule has 0 bridgehead atoms. The standard InChI is InChI=1S/C28H34N2O4/c1-3-15-30-16-14-27(22-7-5-9-25(32)18-22)19-23(12-13-28(27,20-30)34-2)29-26(33)11-10-21-6-4-8-24(31)17-21/h3-11,17-18,23,31-32H,1,12-16,19-20H2,2H3,(H,29,33)/t23-,27+,28+/m1/s1. The zero-order valence-corrected chi connectivity index (χ0v) is 19.7. The molecule has 1 heterocycles. The maximum absolute atomic E-state index is 12.8. The quantitative estimate of drug-likeness (QED) is 0.428. The van der Waals surface area contributed by atoms with Crippen LogP contribution in [0.25, 0.3) is 6.08 Å². The number of hydrogen-bond acceptors (Lipinski definition) is 5. The fourth-order valence-electron chi connectivity index (χ4n) is 5.91. The Morgan fingerprint density at radius 2 is 1.97 bits per heavy atom. The summed E-state index contributed by atoms with van der Waals surface area (Å²) in [6, 6.07) is 14.3. The summed E-state index contributed by atoms with van der Waals surface area (Å²) in [7, 11) is 1.78. The monoisotopic (exact) mass is 462 g/mol. The largest absolute Gasteiger partial charge is 0.508 e. The van der Waals surface area contributed by atoms with Crippen molar-refractivity contribution in [3.8, 4) is 11.5 Å². The molecule has 1 saturated heterocycles. The third-order valence-corrected chi connectivity index (χ3v) is 7.52. The Morgan fingerprint density at radius 1 is 1.21 bits per heavy atom. The molecule has 2 aliphatic rings. The number of aromatic hydroxyl groups is 2. The van der Waals surface area contributed by atoms with Gasteiger partial charge in [-0.05, 0) is 73.7 Å². The van der Waals surface area contributed by atoms with Crippen molar-refractivity contribution in [2.45, 2.75) is 42.7 Å². The first-order chi connectivity index (χ1) is 16.4. The van der Waals surface area contributed by atoms with Gasteiger partial charge in [-0.3, -0.25) is 9.69 Å². The number of nitrogens with zero attached hydrogens (tertiary/aromatic N) is 1. The maximum Gasteiger partial charge on any atom is 0.244 e. The summed E-state index contributed by atoms with van der Waals surface area (Å²) in [4.78, 5) is 15.1. The van der Waals surface area contributed by atoms with Crippen molar-refractivity contribution in [3.63, 3.8) is 0 Å². The molecule has 6 heteroatoms. The van der Waals surface area contributed by atoms with Crippen LogP contribution in [0.2, 0.25) is 0 Å². The van der Waals surface area contributed by atoms with Crippen LogP contribution in [0.5, 0.6) is 11.5 Å². The van der Waals surface area contributed by atoms with E-state index in [1.54, 1.807) is 37.5 Å². The highest BCUT2D eigenvalue weighted by Gasteiger charge is 2.58. The highest BCUT2D eigenvalue weighted by atomic mass is 16.5. The minimum Gasteiger partial charge on any atom is -0.508 e. The molecule has 6 nitrogen and oxygen atoms in total. The van der Waals surface area contributed by atoms with E-state index in [1.807, 2.05) is 24.3 Å². The van der Waals surface area contributed by atoms with Crippen LogP contribution < -0.4 is 5.32 Å². The highest BCUT2D eigenvalue weighted by Crippen LogP contribution is 2.53. The predicted octanol–water partition coefficient (Wildman–Crippen LogP) is 3.99. The summed E-state index contributed by atoms with van der Waals surface area (Å²) in [5.74, 6) is 0.251. The molecule has 0 spiro atoms. The number of nitrogens with one attached hydrogen (secondary N) is 1. The molecule has 2 aromatic carbocycles. The lowest BCUT2D eigenvalue weighted by molar-refractivity contribution is -0.148. The second-order valence-corrected chi connectivity index (χ2v) is 9.48. The molecule has 1 aliphatic carbocycles. The normalized spacial score (nSPS) is 27.3. The fourth-order valence-corrected chi connectivity index (χ4v) is 5.91. The van der Waals surface area contributed by atoms with Gasteiger partial charge in [0.1, 0.15) is 11.5 Å². The van der Waals surface area contributed by atoms with Crippen molar-refractivity contribution in [1.29, 1.82) is 0 Å². The molecule has 0 radical (unpaired) electrons. The van der Waals surface area contributed by atoms with Gasteiger partial charge in [0.15, 0.2) is 0 Å². The number of methoxy groups -OCH3 is 1. The Hall–Kier alpha value is -3.09. The zero-order valence-electron chi connectivity index (χ0n) is 19.7. The molecule has 2 aromatic rings. The van der Waals surface area contributed by atoms with Crippen molar-refractivity contribution < 1.29 is 19.7 Å². The molecule has 4 rings (SSSR count). The molecule has 1 amide bonds. The van der Waals surface area contributed by atoms with Crippen LogP contribution in [0.3, 0.4) is 0 Å². The topological polar surface area (TPSA) is 82.0 Å². The van der Waals surface area contributed by atoms with Crippen LogP contribution in [0, 0.1) is 0 Å². The fraction of sp³-hybridized carbons (Fsp3) is 0.393. The molecule has 1 aliphatic heterocycles. The number of ether oxygens (including phenoxy) is 1. The van der Waals surface area contributed by atoms with Crippen molar-refractivity contribution in [2.75, 3.05) is 26.7 Å². The number of carbonyl (C=O) groups excluding carboxylic acids is 1. The number of phenolic OH excluding ortho intramolecular Hbond substituents is 2. The van der Waals surface area contributed by atoms with Crippen molar-refractivity contribution in [3.05, 3.63) is 78.4 Å². The van der Waals surface area contributed by atoms with E-state index in [-0.39, 0.29) is 28.9 Å². The number of piperidine rings is 1. The first-order valence-corrected chi connectivity index (χ1v) is 11.9. The number of rotatable bonds is 7. The van der Waals surface area contributed by atoms with Crippen LogP contribution in [0.1, 0.15) is 36.8 Å². The van der Waals surface area contributed by atoms with Gasteiger partial charge in [-0.2, -0.15) is 0 Å². The Labute approximate surface area is 201 Å². The van der Waals surface area contributed by atoms with Gasteiger partial charge >= 0.3 is 0 Å². The molecule has 180 valence electrons. The molecular weight excluding hydrogens is 428 g/mol. The molecule has 1 saturated carbocycles. The lowest BCUT2D eigenvalue weighted by atomic mass is 9.55. The van der Waals surface area contributed by atoms with Crippen LogP contribution in [0.4, 0.5) is 0 Å². The van der Waals surface area contributed by atoms with Crippen LogP contribution in [-0.4, -0.2) is 59.4 Å². The van der Waals surface area contributed by atoms with Crippen LogP contribution in [0.15, 0.2) is 67.3 Å². The number of likely N-dealkylation sites (tertiary alicyclic amines) is 1. The van der Waals surface area contributed by atoms with Crippen LogP contribution in [-0.2, 0) is 14.9 Å². The van der Waals surface area contributed by atoms with Gasteiger partial charge < -0.3 is 20.3 Å². The number of phenols is 2. The van der Waals surface area contributed by atoms with Crippen molar-refractivity contribution in [1.82, 2.24) is 10.2 Å². The summed E-state index contributed by atoms with van der Waals surface area (Å²) in [6.45, 7) is 6.38. The van der Waals surface area contributed by atoms with E-state index in [9.17, 15) is 15.0 Å². The smallest absolute Gasteiger partial charge is 0.244 e. The average Bonchev–Trinajstić information content (AvgIpc) is 2.83. The number of fused-ring (bicyclic) bond motifs is 1. The SMILES string of the molecule is C=CCN1CC[C@@]2(c3cccc(O)c3)C[C@H](NC(=O)C=Cc3cccc(O)c3)CC[C@]2(OC)C1.